The highest BCUT2D eigenvalue weighted by Gasteiger charge is 2.30. The predicted octanol–water partition coefficient (Wildman–Crippen LogP) is 4.27. The molecule has 0 aliphatic heterocycles. The molecule has 2 aromatic rings. The molecule has 0 saturated carbocycles. The van der Waals surface area contributed by atoms with E-state index in [-0.39, 0.29) is 17.4 Å². The van der Waals surface area contributed by atoms with E-state index in [1.54, 1.807) is 18.2 Å². The Morgan fingerprint density at radius 2 is 1.64 bits per heavy atom. The summed E-state index contributed by atoms with van der Waals surface area (Å²) in [7, 11) is 0. The number of carbonyl (C=O) groups excluding carboxylic acids is 2. The minimum Gasteiger partial charge on any atom is -0.325 e. The lowest BCUT2D eigenvalue weighted by atomic mass is 9.99. The Hall–Kier alpha value is -2.87. The number of amides is 2. The standard InChI is InChI=1S/C20H22F3N3O2/c1-3-12(2)17(24)19(28)26-16-9-5-8-15(11-16)25-18(27)13-6-4-7-14(10-13)20(21,22)23/h4-12,17H,3,24H2,1-2H3,(H,25,27)(H,26,28). The second kappa shape index (κ2) is 8.88. The van der Waals surface area contributed by atoms with Gasteiger partial charge in [0.15, 0.2) is 0 Å². The Balaban J connectivity index is 2.10. The zero-order chi connectivity index (χ0) is 20.9. The van der Waals surface area contributed by atoms with E-state index in [2.05, 4.69) is 10.6 Å². The van der Waals surface area contributed by atoms with E-state index >= 15 is 0 Å². The summed E-state index contributed by atoms with van der Waals surface area (Å²) in [6.07, 6.45) is -3.78. The summed E-state index contributed by atoms with van der Waals surface area (Å²) < 4.78 is 38.4. The smallest absolute Gasteiger partial charge is 0.325 e. The summed E-state index contributed by atoms with van der Waals surface area (Å²) in [6, 6.07) is 9.77. The minimum atomic E-state index is -4.53. The van der Waals surface area contributed by atoms with E-state index in [1.165, 1.54) is 18.2 Å². The third-order valence-corrected chi connectivity index (χ3v) is 4.40. The highest BCUT2D eigenvalue weighted by Crippen LogP contribution is 2.29. The van der Waals surface area contributed by atoms with Crippen LogP contribution in [0.3, 0.4) is 0 Å². The van der Waals surface area contributed by atoms with Crippen LogP contribution in [0.1, 0.15) is 36.2 Å². The third kappa shape index (κ3) is 5.56. The molecule has 4 N–H and O–H groups in total. The number of benzene rings is 2. The van der Waals surface area contributed by atoms with Crippen molar-refractivity contribution in [3.8, 4) is 0 Å². The maximum atomic E-state index is 12.8. The van der Waals surface area contributed by atoms with Crippen molar-refractivity contribution in [1.29, 1.82) is 0 Å². The van der Waals surface area contributed by atoms with Gasteiger partial charge in [0.2, 0.25) is 5.91 Å². The lowest BCUT2D eigenvalue weighted by molar-refractivity contribution is -0.137. The average molecular weight is 393 g/mol. The monoisotopic (exact) mass is 393 g/mol. The quantitative estimate of drug-likeness (QED) is 0.685. The molecule has 150 valence electrons. The van der Waals surface area contributed by atoms with Crippen LogP contribution in [0.25, 0.3) is 0 Å². The van der Waals surface area contributed by atoms with E-state index in [0.717, 1.165) is 18.6 Å². The molecule has 8 heteroatoms. The predicted molar refractivity (Wildman–Crippen MR) is 102 cm³/mol. The maximum absolute atomic E-state index is 12.8. The van der Waals surface area contributed by atoms with Crippen LogP contribution in [-0.4, -0.2) is 17.9 Å². The molecule has 0 aliphatic rings. The average Bonchev–Trinajstić information content (AvgIpc) is 2.66. The second-order valence-corrected chi connectivity index (χ2v) is 6.51. The van der Waals surface area contributed by atoms with Crippen LogP contribution in [0.4, 0.5) is 24.5 Å². The fourth-order valence-corrected chi connectivity index (χ4v) is 2.45. The maximum Gasteiger partial charge on any atom is 0.416 e. The van der Waals surface area contributed by atoms with Gasteiger partial charge in [-0.05, 0) is 42.3 Å². The molecule has 0 bridgehead atoms. The van der Waals surface area contributed by atoms with Gasteiger partial charge in [-0.25, -0.2) is 0 Å². The summed E-state index contributed by atoms with van der Waals surface area (Å²) in [5.74, 6) is -1.04. The molecule has 2 atom stereocenters. The van der Waals surface area contributed by atoms with Gasteiger partial charge in [0.1, 0.15) is 0 Å². The van der Waals surface area contributed by atoms with Crippen molar-refractivity contribution in [2.75, 3.05) is 10.6 Å². The van der Waals surface area contributed by atoms with Gasteiger partial charge in [-0.1, -0.05) is 32.4 Å². The van der Waals surface area contributed by atoms with Gasteiger partial charge in [-0.15, -0.1) is 0 Å². The van der Waals surface area contributed by atoms with Crippen LogP contribution in [-0.2, 0) is 11.0 Å². The molecule has 0 aromatic heterocycles. The van der Waals surface area contributed by atoms with Crippen molar-refractivity contribution in [2.24, 2.45) is 11.7 Å². The fourth-order valence-electron chi connectivity index (χ4n) is 2.45. The van der Waals surface area contributed by atoms with Gasteiger partial charge >= 0.3 is 6.18 Å². The molecule has 0 aliphatic carbocycles. The number of halogens is 3. The lowest BCUT2D eigenvalue weighted by Gasteiger charge is -2.18. The van der Waals surface area contributed by atoms with Gasteiger partial charge in [-0.2, -0.15) is 13.2 Å². The fraction of sp³-hybridized carbons (Fsp3) is 0.300. The number of anilines is 2. The summed E-state index contributed by atoms with van der Waals surface area (Å²) in [4.78, 5) is 24.4. The summed E-state index contributed by atoms with van der Waals surface area (Å²) in [5.41, 5.74) is 5.62. The zero-order valence-electron chi connectivity index (χ0n) is 15.5. The Morgan fingerprint density at radius 1 is 1.04 bits per heavy atom. The number of rotatable bonds is 6. The van der Waals surface area contributed by atoms with Gasteiger partial charge in [0.25, 0.3) is 5.91 Å². The minimum absolute atomic E-state index is 0.00351. The van der Waals surface area contributed by atoms with Gasteiger partial charge in [0.05, 0.1) is 11.6 Å². The van der Waals surface area contributed by atoms with E-state index in [4.69, 9.17) is 5.73 Å². The topological polar surface area (TPSA) is 84.2 Å². The van der Waals surface area contributed by atoms with E-state index in [0.29, 0.717) is 11.4 Å². The summed E-state index contributed by atoms with van der Waals surface area (Å²) in [6.45, 7) is 3.80. The van der Waals surface area contributed by atoms with Crippen LogP contribution in [0.15, 0.2) is 48.5 Å². The largest absolute Gasteiger partial charge is 0.416 e. The van der Waals surface area contributed by atoms with Crippen molar-refractivity contribution in [2.45, 2.75) is 32.5 Å². The molecule has 2 rings (SSSR count). The Labute approximate surface area is 161 Å². The van der Waals surface area contributed by atoms with Crippen molar-refractivity contribution in [1.82, 2.24) is 0 Å². The van der Waals surface area contributed by atoms with Crippen molar-refractivity contribution in [3.05, 3.63) is 59.7 Å². The van der Waals surface area contributed by atoms with Crippen LogP contribution >= 0.6 is 0 Å². The Morgan fingerprint density at radius 3 is 2.25 bits per heavy atom. The molecule has 0 heterocycles. The molecule has 5 nitrogen and oxygen atoms in total. The highest BCUT2D eigenvalue weighted by atomic mass is 19.4. The molecule has 2 aromatic carbocycles. The van der Waals surface area contributed by atoms with E-state index in [9.17, 15) is 22.8 Å². The Kier molecular flexibility index (Phi) is 6.80. The van der Waals surface area contributed by atoms with Gasteiger partial charge in [-0.3, -0.25) is 9.59 Å². The number of carbonyl (C=O) groups is 2. The van der Waals surface area contributed by atoms with Crippen molar-refractivity contribution < 1.29 is 22.8 Å². The normalized spacial score (nSPS) is 13.5. The first-order valence-corrected chi connectivity index (χ1v) is 8.77. The van der Waals surface area contributed by atoms with Gasteiger partial charge in [0, 0.05) is 16.9 Å². The summed E-state index contributed by atoms with van der Waals surface area (Å²) in [5, 5.41) is 5.20. The first-order chi connectivity index (χ1) is 13.1. The zero-order valence-corrected chi connectivity index (χ0v) is 15.5. The van der Waals surface area contributed by atoms with E-state index < -0.39 is 23.7 Å². The molecule has 0 fully saturated rings. The highest BCUT2D eigenvalue weighted by molar-refractivity contribution is 6.05. The number of alkyl halides is 3. The summed E-state index contributed by atoms with van der Waals surface area (Å²) >= 11 is 0. The number of nitrogens with two attached hydrogens (primary N) is 1. The first kappa shape index (κ1) is 21.4. The molecular formula is C20H22F3N3O2. The van der Waals surface area contributed by atoms with Crippen molar-refractivity contribution in [3.63, 3.8) is 0 Å². The van der Waals surface area contributed by atoms with Gasteiger partial charge < -0.3 is 16.4 Å². The van der Waals surface area contributed by atoms with Crippen LogP contribution in [0, 0.1) is 5.92 Å². The number of hydrogen-bond donors (Lipinski definition) is 3. The van der Waals surface area contributed by atoms with Crippen molar-refractivity contribution >= 4 is 23.2 Å². The molecule has 0 saturated heterocycles. The molecule has 28 heavy (non-hydrogen) atoms. The molecule has 2 amide bonds. The molecule has 0 spiro atoms. The number of hydrogen-bond acceptors (Lipinski definition) is 3. The number of nitrogens with one attached hydrogen (secondary N) is 2. The van der Waals surface area contributed by atoms with Crippen LogP contribution in [0.5, 0.6) is 0 Å². The Bertz CT molecular complexity index is 853. The third-order valence-electron chi connectivity index (χ3n) is 4.40. The molecule has 0 radical (unpaired) electrons. The van der Waals surface area contributed by atoms with Crippen LogP contribution < -0.4 is 16.4 Å². The first-order valence-electron chi connectivity index (χ1n) is 8.77. The molecular weight excluding hydrogens is 371 g/mol. The molecule has 2 unspecified atom stereocenters. The lowest BCUT2D eigenvalue weighted by Crippen LogP contribution is -2.40. The van der Waals surface area contributed by atoms with E-state index in [1.807, 2.05) is 13.8 Å². The second-order valence-electron chi connectivity index (χ2n) is 6.51. The van der Waals surface area contributed by atoms with Crippen LogP contribution in [0.2, 0.25) is 0 Å². The SMILES string of the molecule is CCC(C)C(N)C(=O)Nc1cccc(NC(=O)c2cccc(C(F)(F)F)c2)c1.